The van der Waals surface area contributed by atoms with E-state index in [0.717, 1.165) is 5.82 Å². The van der Waals surface area contributed by atoms with Crippen molar-refractivity contribution in [3.05, 3.63) is 36.8 Å². The topological polar surface area (TPSA) is 22.8 Å². The first kappa shape index (κ1) is 6.22. The Kier molecular flexibility index (Phi) is 1.28. The molecule has 0 aliphatic rings. The fourth-order valence-electron chi connectivity index (χ4n) is 1.03. The number of hydrogen-bond donors (Lipinski definition) is 0. The summed E-state index contributed by atoms with van der Waals surface area (Å²) in [5.74, 6) is 0.956. The third-order valence-electron chi connectivity index (χ3n) is 1.57. The Balaban J connectivity index is 2.45. The summed E-state index contributed by atoms with van der Waals surface area (Å²) in [6.45, 7) is 0. The van der Waals surface area contributed by atoms with Crippen molar-refractivity contribution in [2.45, 2.75) is 0 Å². The van der Waals surface area contributed by atoms with Crippen molar-refractivity contribution in [1.82, 2.24) is 14.3 Å². The lowest BCUT2D eigenvalue weighted by Gasteiger charge is -1.93. The molecule has 11 heavy (non-hydrogen) atoms. The van der Waals surface area contributed by atoms with Gasteiger partial charge in [0.05, 0.1) is 0 Å². The summed E-state index contributed by atoms with van der Waals surface area (Å²) < 4.78 is 3.76. The molecule has 0 aliphatic carbocycles. The Labute approximate surface area is 64.9 Å². The van der Waals surface area contributed by atoms with Gasteiger partial charge >= 0.3 is 0 Å². The van der Waals surface area contributed by atoms with E-state index < -0.39 is 0 Å². The molecule has 2 aromatic heterocycles. The van der Waals surface area contributed by atoms with Crippen LogP contribution in [0.25, 0.3) is 5.82 Å². The van der Waals surface area contributed by atoms with Crippen molar-refractivity contribution in [1.29, 1.82) is 0 Å². The summed E-state index contributed by atoms with van der Waals surface area (Å²) in [4.78, 5) is 0. The van der Waals surface area contributed by atoms with E-state index >= 15 is 0 Å². The van der Waals surface area contributed by atoms with E-state index in [1.165, 1.54) is 0 Å². The molecule has 0 amide bonds. The van der Waals surface area contributed by atoms with Crippen LogP contribution in [0.3, 0.4) is 0 Å². The van der Waals surface area contributed by atoms with Crippen molar-refractivity contribution < 1.29 is 0 Å². The van der Waals surface area contributed by atoms with Crippen molar-refractivity contribution in [2.24, 2.45) is 7.05 Å². The predicted molar refractivity (Wildman–Crippen MR) is 42.5 cm³/mol. The highest BCUT2D eigenvalue weighted by molar-refractivity contribution is 5.20. The van der Waals surface area contributed by atoms with E-state index in [9.17, 15) is 0 Å². The van der Waals surface area contributed by atoms with E-state index in [0.29, 0.717) is 0 Å². The van der Waals surface area contributed by atoms with Gasteiger partial charge in [0, 0.05) is 31.7 Å². The largest absolute Gasteiger partial charge is 0.307 e. The third kappa shape index (κ3) is 1.05. The van der Waals surface area contributed by atoms with Crippen molar-refractivity contribution in [3.8, 4) is 5.82 Å². The van der Waals surface area contributed by atoms with Crippen molar-refractivity contribution in [3.63, 3.8) is 0 Å². The molecular formula is C8H9N3. The first-order valence-corrected chi connectivity index (χ1v) is 3.49. The Hall–Kier alpha value is -1.51. The SMILES string of the molecule is Cn1ccc(-n2cccc2)n1. The minimum atomic E-state index is 0.956. The van der Waals surface area contributed by atoms with Crippen LogP contribution in [0.2, 0.25) is 0 Å². The van der Waals surface area contributed by atoms with Gasteiger partial charge in [-0.05, 0) is 12.1 Å². The molecule has 0 bridgehead atoms. The normalized spacial score (nSPS) is 10.3. The highest BCUT2D eigenvalue weighted by Crippen LogP contribution is 2.02. The zero-order chi connectivity index (χ0) is 7.68. The highest BCUT2D eigenvalue weighted by Gasteiger charge is 1.95. The standard InChI is InChI=1S/C8H9N3/c1-10-7-4-8(9-10)11-5-2-3-6-11/h2-7H,1H3. The van der Waals surface area contributed by atoms with Gasteiger partial charge in [-0.15, -0.1) is 0 Å². The smallest absolute Gasteiger partial charge is 0.158 e. The predicted octanol–water partition coefficient (Wildman–Crippen LogP) is 1.21. The maximum Gasteiger partial charge on any atom is 0.158 e. The van der Waals surface area contributed by atoms with Crippen molar-refractivity contribution in [2.75, 3.05) is 0 Å². The molecule has 0 saturated carbocycles. The monoisotopic (exact) mass is 147 g/mol. The van der Waals surface area contributed by atoms with Gasteiger partial charge in [-0.3, -0.25) is 4.68 Å². The Morgan fingerprint density at radius 1 is 1.18 bits per heavy atom. The van der Waals surface area contributed by atoms with Crippen LogP contribution in [-0.2, 0) is 7.05 Å². The number of rotatable bonds is 1. The van der Waals surface area contributed by atoms with Gasteiger partial charge in [-0.2, -0.15) is 5.10 Å². The fraction of sp³-hybridized carbons (Fsp3) is 0.125. The lowest BCUT2D eigenvalue weighted by molar-refractivity contribution is 0.752. The summed E-state index contributed by atoms with van der Waals surface area (Å²) in [6.07, 6.45) is 5.88. The molecule has 0 N–H and O–H groups in total. The summed E-state index contributed by atoms with van der Waals surface area (Å²) in [7, 11) is 1.91. The average Bonchev–Trinajstić information content (AvgIpc) is 2.55. The minimum absolute atomic E-state index is 0.956. The van der Waals surface area contributed by atoms with Gasteiger partial charge in [0.2, 0.25) is 0 Å². The molecule has 2 rings (SSSR count). The van der Waals surface area contributed by atoms with Crippen LogP contribution in [0.5, 0.6) is 0 Å². The molecule has 2 heterocycles. The van der Waals surface area contributed by atoms with Crippen LogP contribution in [0, 0.1) is 0 Å². The zero-order valence-electron chi connectivity index (χ0n) is 6.31. The minimum Gasteiger partial charge on any atom is -0.307 e. The second-order valence-electron chi connectivity index (χ2n) is 2.44. The fourth-order valence-corrected chi connectivity index (χ4v) is 1.03. The molecule has 3 heteroatoms. The molecule has 0 unspecified atom stereocenters. The quantitative estimate of drug-likeness (QED) is 0.594. The molecule has 0 aliphatic heterocycles. The van der Waals surface area contributed by atoms with Crippen molar-refractivity contribution >= 4 is 0 Å². The van der Waals surface area contributed by atoms with Crippen LogP contribution in [0.1, 0.15) is 0 Å². The van der Waals surface area contributed by atoms with E-state index in [4.69, 9.17) is 0 Å². The van der Waals surface area contributed by atoms with Gasteiger partial charge < -0.3 is 4.57 Å². The van der Waals surface area contributed by atoms with E-state index in [2.05, 4.69) is 5.10 Å². The molecule has 0 fully saturated rings. The van der Waals surface area contributed by atoms with Crippen LogP contribution in [0.15, 0.2) is 36.8 Å². The second-order valence-corrected chi connectivity index (χ2v) is 2.44. The summed E-state index contributed by atoms with van der Waals surface area (Å²) in [5, 5.41) is 4.23. The Morgan fingerprint density at radius 3 is 2.45 bits per heavy atom. The van der Waals surface area contributed by atoms with Gasteiger partial charge in [0.15, 0.2) is 5.82 Å². The summed E-state index contributed by atoms with van der Waals surface area (Å²) in [6, 6.07) is 5.93. The van der Waals surface area contributed by atoms with E-state index in [1.54, 1.807) is 4.68 Å². The molecule has 0 aromatic carbocycles. The van der Waals surface area contributed by atoms with Crippen LogP contribution in [-0.4, -0.2) is 14.3 Å². The number of aromatic nitrogens is 3. The van der Waals surface area contributed by atoms with E-state index in [1.807, 2.05) is 48.4 Å². The molecular weight excluding hydrogens is 138 g/mol. The summed E-state index contributed by atoms with van der Waals surface area (Å²) >= 11 is 0. The lowest BCUT2D eigenvalue weighted by Crippen LogP contribution is -1.93. The van der Waals surface area contributed by atoms with Gasteiger partial charge in [0.25, 0.3) is 0 Å². The summed E-state index contributed by atoms with van der Waals surface area (Å²) in [5.41, 5.74) is 0. The van der Waals surface area contributed by atoms with Crippen LogP contribution in [0.4, 0.5) is 0 Å². The second kappa shape index (κ2) is 2.27. The molecule has 0 radical (unpaired) electrons. The zero-order valence-corrected chi connectivity index (χ0v) is 6.31. The van der Waals surface area contributed by atoms with Crippen LogP contribution >= 0.6 is 0 Å². The molecule has 3 nitrogen and oxygen atoms in total. The first-order chi connectivity index (χ1) is 5.36. The molecule has 0 spiro atoms. The highest BCUT2D eigenvalue weighted by atomic mass is 15.3. The third-order valence-corrected chi connectivity index (χ3v) is 1.57. The number of nitrogens with zero attached hydrogens (tertiary/aromatic N) is 3. The molecule has 2 aromatic rings. The maximum atomic E-state index is 4.23. The maximum absolute atomic E-state index is 4.23. The Bertz CT molecular complexity index is 332. The number of hydrogen-bond acceptors (Lipinski definition) is 1. The Morgan fingerprint density at radius 2 is 1.91 bits per heavy atom. The van der Waals surface area contributed by atoms with Gasteiger partial charge in [-0.1, -0.05) is 0 Å². The molecule has 56 valence electrons. The first-order valence-electron chi connectivity index (χ1n) is 3.49. The lowest BCUT2D eigenvalue weighted by atomic mass is 10.6. The van der Waals surface area contributed by atoms with Gasteiger partial charge in [-0.25, -0.2) is 0 Å². The van der Waals surface area contributed by atoms with Gasteiger partial charge in [0.1, 0.15) is 0 Å². The van der Waals surface area contributed by atoms with Crippen LogP contribution < -0.4 is 0 Å². The number of aryl methyl sites for hydroxylation is 1. The molecule has 0 atom stereocenters. The van der Waals surface area contributed by atoms with E-state index in [-0.39, 0.29) is 0 Å². The molecule has 0 saturated heterocycles. The average molecular weight is 147 g/mol.